The van der Waals surface area contributed by atoms with Crippen LogP contribution in [0.4, 0.5) is 11.1 Å². The summed E-state index contributed by atoms with van der Waals surface area (Å²) in [6, 6.07) is 1.85. The molecule has 2 aromatic heterocycles. The number of thiazole rings is 1. The number of piperazine rings is 1. The summed E-state index contributed by atoms with van der Waals surface area (Å²) >= 11 is 1.77. The first-order chi connectivity index (χ1) is 10.6. The van der Waals surface area contributed by atoms with Gasteiger partial charge in [-0.25, -0.2) is 9.97 Å². The molecule has 118 valence electrons. The molecule has 1 aliphatic rings. The van der Waals surface area contributed by atoms with Crippen LogP contribution in [-0.2, 0) is 0 Å². The largest absolute Gasteiger partial charge is 0.481 e. The van der Waals surface area contributed by atoms with Crippen molar-refractivity contribution >= 4 is 22.4 Å². The van der Waals surface area contributed by atoms with Crippen LogP contribution in [0.1, 0.15) is 16.3 Å². The van der Waals surface area contributed by atoms with Crippen molar-refractivity contribution in [3.8, 4) is 5.88 Å². The Kier molecular flexibility index (Phi) is 4.15. The molecule has 7 heteroatoms. The number of nitrogens with zero attached hydrogens (tertiary/aromatic N) is 5. The molecule has 1 aliphatic heterocycles. The van der Waals surface area contributed by atoms with Crippen LogP contribution < -0.4 is 14.5 Å². The number of aromatic nitrogens is 3. The van der Waals surface area contributed by atoms with Crippen LogP contribution in [0.25, 0.3) is 0 Å². The Morgan fingerprint density at radius 3 is 2.27 bits per heavy atom. The van der Waals surface area contributed by atoms with Crippen molar-refractivity contribution in [3.63, 3.8) is 0 Å². The molecule has 0 spiro atoms. The van der Waals surface area contributed by atoms with Crippen LogP contribution in [-0.4, -0.2) is 48.2 Å². The predicted molar refractivity (Wildman–Crippen MR) is 89.3 cm³/mol. The van der Waals surface area contributed by atoms with Gasteiger partial charge >= 0.3 is 0 Å². The summed E-state index contributed by atoms with van der Waals surface area (Å²) in [5, 5.41) is 1.12. The molecule has 3 rings (SSSR count). The van der Waals surface area contributed by atoms with Crippen LogP contribution in [0.5, 0.6) is 5.88 Å². The molecular weight excluding hydrogens is 298 g/mol. The molecule has 0 unspecified atom stereocenters. The van der Waals surface area contributed by atoms with Crippen molar-refractivity contribution in [3.05, 3.63) is 22.3 Å². The van der Waals surface area contributed by atoms with Crippen LogP contribution >= 0.6 is 11.3 Å². The van der Waals surface area contributed by atoms with Gasteiger partial charge in [0.05, 0.1) is 12.8 Å². The molecule has 0 aromatic carbocycles. The number of methoxy groups -OCH3 is 1. The molecule has 0 radical (unpaired) electrons. The summed E-state index contributed by atoms with van der Waals surface area (Å²) in [7, 11) is 1.64. The molecule has 6 nitrogen and oxygen atoms in total. The average Bonchev–Trinajstić information content (AvgIpc) is 2.86. The molecule has 1 saturated heterocycles. The van der Waals surface area contributed by atoms with Gasteiger partial charge in [-0.15, -0.1) is 11.3 Å². The summed E-state index contributed by atoms with van der Waals surface area (Å²) in [5.74, 6) is 1.37. The van der Waals surface area contributed by atoms with Crippen molar-refractivity contribution in [2.45, 2.75) is 20.8 Å². The van der Waals surface area contributed by atoms with Gasteiger partial charge in [0.1, 0.15) is 0 Å². The van der Waals surface area contributed by atoms with Gasteiger partial charge in [0.2, 0.25) is 11.8 Å². The van der Waals surface area contributed by atoms with E-state index in [4.69, 9.17) is 4.74 Å². The number of aryl methyl sites for hydroxylation is 3. The first-order valence-corrected chi connectivity index (χ1v) is 8.22. The Hall–Kier alpha value is -1.89. The summed E-state index contributed by atoms with van der Waals surface area (Å²) in [6.45, 7) is 9.82. The van der Waals surface area contributed by atoms with Crippen molar-refractivity contribution in [2.75, 3.05) is 43.1 Å². The van der Waals surface area contributed by atoms with Crippen molar-refractivity contribution < 1.29 is 4.74 Å². The molecule has 0 amide bonds. The van der Waals surface area contributed by atoms with Crippen molar-refractivity contribution in [2.24, 2.45) is 0 Å². The zero-order chi connectivity index (χ0) is 15.7. The second kappa shape index (κ2) is 6.08. The Balaban J connectivity index is 1.70. The fourth-order valence-corrected chi connectivity index (χ4v) is 3.42. The molecule has 0 atom stereocenters. The lowest BCUT2D eigenvalue weighted by molar-refractivity contribution is 0.396. The van der Waals surface area contributed by atoms with E-state index < -0.39 is 0 Å². The van der Waals surface area contributed by atoms with Crippen LogP contribution in [0.2, 0.25) is 0 Å². The summed E-state index contributed by atoms with van der Waals surface area (Å²) in [4.78, 5) is 19.5. The topological polar surface area (TPSA) is 54.4 Å². The number of ether oxygens (including phenoxy) is 1. The highest BCUT2D eigenvalue weighted by molar-refractivity contribution is 7.15. The highest BCUT2D eigenvalue weighted by Crippen LogP contribution is 2.26. The van der Waals surface area contributed by atoms with E-state index in [9.17, 15) is 0 Å². The zero-order valence-electron chi connectivity index (χ0n) is 13.5. The lowest BCUT2D eigenvalue weighted by atomic mass is 10.3. The van der Waals surface area contributed by atoms with Crippen LogP contribution in [0.3, 0.4) is 0 Å². The van der Waals surface area contributed by atoms with E-state index in [1.54, 1.807) is 18.4 Å². The molecule has 3 heterocycles. The molecule has 0 N–H and O–H groups in total. The minimum absolute atomic E-state index is 0.621. The third kappa shape index (κ3) is 2.99. The van der Waals surface area contributed by atoms with Gasteiger partial charge in [-0.3, -0.25) is 0 Å². The maximum atomic E-state index is 5.24. The van der Waals surface area contributed by atoms with Gasteiger partial charge in [0.15, 0.2) is 5.13 Å². The van der Waals surface area contributed by atoms with Crippen LogP contribution in [0.15, 0.2) is 6.07 Å². The van der Waals surface area contributed by atoms with Gasteiger partial charge in [-0.1, -0.05) is 0 Å². The molecule has 0 bridgehead atoms. The van der Waals surface area contributed by atoms with E-state index in [0.29, 0.717) is 5.88 Å². The fraction of sp³-hybridized carbons (Fsp3) is 0.533. The SMILES string of the molecule is COc1cc(C)nc(N2CCN(c3nc(C)c(C)s3)CC2)n1. The normalized spacial score (nSPS) is 15.3. The van der Waals surface area contributed by atoms with E-state index in [1.807, 2.05) is 13.0 Å². The van der Waals surface area contributed by atoms with E-state index in [2.05, 4.69) is 38.6 Å². The van der Waals surface area contributed by atoms with E-state index in [0.717, 1.165) is 48.6 Å². The van der Waals surface area contributed by atoms with Gasteiger partial charge in [-0.05, 0) is 20.8 Å². The monoisotopic (exact) mass is 319 g/mol. The third-order valence-electron chi connectivity index (χ3n) is 3.88. The molecule has 22 heavy (non-hydrogen) atoms. The minimum Gasteiger partial charge on any atom is -0.481 e. The minimum atomic E-state index is 0.621. The number of hydrogen-bond donors (Lipinski definition) is 0. The number of rotatable bonds is 3. The lowest BCUT2D eigenvalue weighted by Crippen LogP contribution is -2.47. The molecule has 0 saturated carbocycles. The van der Waals surface area contributed by atoms with E-state index in [-0.39, 0.29) is 0 Å². The van der Waals surface area contributed by atoms with Gasteiger partial charge in [-0.2, -0.15) is 4.98 Å². The van der Waals surface area contributed by atoms with Gasteiger partial charge < -0.3 is 14.5 Å². The molecule has 1 fully saturated rings. The predicted octanol–water partition coefficient (Wildman–Crippen LogP) is 2.19. The summed E-state index contributed by atoms with van der Waals surface area (Å²) < 4.78 is 5.24. The number of anilines is 2. The second-order valence-corrected chi connectivity index (χ2v) is 6.65. The Morgan fingerprint density at radius 1 is 1.00 bits per heavy atom. The molecule has 2 aromatic rings. The lowest BCUT2D eigenvalue weighted by Gasteiger charge is -2.34. The maximum absolute atomic E-state index is 5.24. The first kappa shape index (κ1) is 15.0. The zero-order valence-corrected chi connectivity index (χ0v) is 14.3. The standard InChI is InChI=1S/C15H21N5OS/c1-10-9-13(21-4)18-14(16-10)19-5-7-20(8-6-19)15-17-11(2)12(3)22-15/h9H,5-8H2,1-4H3. The maximum Gasteiger partial charge on any atom is 0.228 e. The summed E-state index contributed by atoms with van der Waals surface area (Å²) in [6.07, 6.45) is 0. The van der Waals surface area contributed by atoms with E-state index in [1.165, 1.54) is 4.88 Å². The smallest absolute Gasteiger partial charge is 0.228 e. The van der Waals surface area contributed by atoms with E-state index >= 15 is 0 Å². The van der Waals surface area contributed by atoms with Crippen molar-refractivity contribution in [1.82, 2.24) is 15.0 Å². The Morgan fingerprint density at radius 2 is 1.68 bits per heavy atom. The number of hydrogen-bond acceptors (Lipinski definition) is 7. The second-order valence-electron chi connectivity index (χ2n) is 5.46. The fourth-order valence-electron chi connectivity index (χ4n) is 2.46. The average molecular weight is 319 g/mol. The highest BCUT2D eigenvalue weighted by Gasteiger charge is 2.22. The first-order valence-electron chi connectivity index (χ1n) is 7.40. The Bertz CT molecular complexity index is 644. The van der Waals surface area contributed by atoms with Crippen molar-refractivity contribution in [1.29, 1.82) is 0 Å². The quantitative estimate of drug-likeness (QED) is 0.864. The van der Waals surface area contributed by atoms with Crippen LogP contribution in [0, 0.1) is 20.8 Å². The third-order valence-corrected chi connectivity index (χ3v) is 5.01. The van der Waals surface area contributed by atoms with Gasteiger partial charge in [0.25, 0.3) is 0 Å². The highest BCUT2D eigenvalue weighted by atomic mass is 32.1. The molecular formula is C15H21N5OS. The summed E-state index contributed by atoms with van der Waals surface area (Å²) in [5.41, 5.74) is 2.06. The molecule has 0 aliphatic carbocycles. The van der Waals surface area contributed by atoms with Gasteiger partial charge in [0, 0.05) is 42.8 Å². The Labute approximate surface area is 134 Å².